The van der Waals surface area contributed by atoms with E-state index in [0.717, 1.165) is 25.4 Å². The fraction of sp³-hybridized carbons (Fsp3) is 0.643. The summed E-state index contributed by atoms with van der Waals surface area (Å²) in [6.07, 6.45) is 8.62. The lowest BCUT2D eigenvalue weighted by atomic mass is 9.77. The summed E-state index contributed by atoms with van der Waals surface area (Å²) in [7, 11) is 0. The van der Waals surface area contributed by atoms with Crippen LogP contribution < -0.4 is 5.73 Å². The quantitative estimate of drug-likeness (QED) is 0.820. The van der Waals surface area contributed by atoms with Gasteiger partial charge in [-0.3, -0.25) is 4.98 Å². The summed E-state index contributed by atoms with van der Waals surface area (Å²) in [5.41, 5.74) is 7.40. The largest absolute Gasteiger partial charge is 0.378 e. The molecule has 0 spiro atoms. The monoisotopic (exact) mass is 234 g/mol. The van der Waals surface area contributed by atoms with Gasteiger partial charge in [0.15, 0.2) is 0 Å². The maximum absolute atomic E-state index is 6.17. The third-order valence-electron chi connectivity index (χ3n) is 3.45. The highest BCUT2D eigenvalue weighted by atomic mass is 16.5. The first-order valence-electron chi connectivity index (χ1n) is 6.54. The SMILES string of the molecule is CCOC1CC(CC(N)Cc2cccnc2)C1. The number of pyridine rings is 1. The van der Waals surface area contributed by atoms with Gasteiger partial charge in [0.1, 0.15) is 0 Å². The Morgan fingerprint density at radius 2 is 2.35 bits per heavy atom. The van der Waals surface area contributed by atoms with E-state index in [9.17, 15) is 0 Å². The molecular formula is C14H22N2O. The van der Waals surface area contributed by atoms with Gasteiger partial charge in [0, 0.05) is 25.0 Å². The molecule has 1 atom stereocenters. The lowest BCUT2D eigenvalue weighted by molar-refractivity contribution is -0.0280. The second-order valence-corrected chi connectivity index (χ2v) is 4.98. The molecule has 0 saturated heterocycles. The van der Waals surface area contributed by atoms with E-state index in [2.05, 4.69) is 18.0 Å². The fourth-order valence-electron chi connectivity index (χ4n) is 2.57. The molecule has 1 heterocycles. The number of nitrogens with zero attached hydrogens (tertiary/aromatic N) is 1. The van der Waals surface area contributed by atoms with Gasteiger partial charge in [-0.15, -0.1) is 0 Å². The van der Waals surface area contributed by atoms with Gasteiger partial charge in [-0.1, -0.05) is 6.07 Å². The summed E-state index contributed by atoms with van der Waals surface area (Å²) >= 11 is 0. The lowest BCUT2D eigenvalue weighted by Crippen LogP contribution is -2.36. The first-order chi connectivity index (χ1) is 8.28. The van der Waals surface area contributed by atoms with Crippen LogP contribution in [0.5, 0.6) is 0 Å². The van der Waals surface area contributed by atoms with Crippen molar-refractivity contribution < 1.29 is 4.74 Å². The van der Waals surface area contributed by atoms with Crippen LogP contribution in [0.4, 0.5) is 0 Å². The summed E-state index contributed by atoms with van der Waals surface area (Å²) in [5, 5.41) is 0. The molecule has 2 rings (SSSR count). The van der Waals surface area contributed by atoms with E-state index in [1.807, 2.05) is 12.3 Å². The van der Waals surface area contributed by atoms with Crippen LogP contribution in [0.3, 0.4) is 0 Å². The molecule has 3 heteroatoms. The van der Waals surface area contributed by atoms with E-state index in [1.165, 1.54) is 18.4 Å². The summed E-state index contributed by atoms with van der Waals surface area (Å²) < 4.78 is 5.56. The van der Waals surface area contributed by atoms with Crippen molar-refractivity contribution in [2.75, 3.05) is 6.61 Å². The number of hydrogen-bond donors (Lipinski definition) is 1. The smallest absolute Gasteiger partial charge is 0.0580 e. The van der Waals surface area contributed by atoms with Crippen molar-refractivity contribution in [1.29, 1.82) is 0 Å². The topological polar surface area (TPSA) is 48.1 Å². The van der Waals surface area contributed by atoms with Crippen LogP contribution in [0.2, 0.25) is 0 Å². The number of aromatic nitrogens is 1. The molecule has 17 heavy (non-hydrogen) atoms. The van der Waals surface area contributed by atoms with E-state index < -0.39 is 0 Å². The van der Waals surface area contributed by atoms with E-state index in [0.29, 0.717) is 6.10 Å². The van der Waals surface area contributed by atoms with Gasteiger partial charge in [-0.25, -0.2) is 0 Å². The Labute approximate surface area is 103 Å². The maximum Gasteiger partial charge on any atom is 0.0580 e. The van der Waals surface area contributed by atoms with Crippen molar-refractivity contribution in [3.63, 3.8) is 0 Å². The average molecular weight is 234 g/mol. The van der Waals surface area contributed by atoms with Crippen molar-refractivity contribution in [2.24, 2.45) is 11.7 Å². The predicted octanol–water partition coefficient (Wildman–Crippen LogP) is 2.16. The predicted molar refractivity (Wildman–Crippen MR) is 68.7 cm³/mol. The van der Waals surface area contributed by atoms with Crippen LogP contribution in [0.15, 0.2) is 24.5 Å². The lowest BCUT2D eigenvalue weighted by Gasteiger charge is -2.36. The summed E-state index contributed by atoms with van der Waals surface area (Å²) in [6, 6.07) is 4.32. The average Bonchev–Trinajstić information content (AvgIpc) is 2.27. The Kier molecular flexibility index (Phi) is 4.51. The van der Waals surface area contributed by atoms with Gasteiger partial charge in [0.25, 0.3) is 0 Å². The van der Waals surface area contributed by atoms with Crippen LogP contribution in [0.1, 0.15) is 31.7 Å². The van der Waals surface area contributed by atoms with Crippen molar-refractivity contribution in [3.05, 3.63) is 30.1 Å². The molecule has 2 N–H and O–H groups in total. The molecule has 1 aliphatic carbocycles. The molecule has 0 aromatic carbocycles. The maximum atomic E-state index is 6.17. The molecule has 1 saturated carbocycles. The highest BCUT2D eigenvalue weighted by molar-refractivity contribution is 5.10. The molecule has 1 aromatic rings. The molecule has 1 aromatic heterocycles. The molecular weight excluding hydrogens is 212 g/mol. The molecule has 1 aliphatic rings. The first kappa shape index (κ1) is 12.5. The van der Waals surface area contributed by atoms with Crippen LogP contribution in [0, 0.1) is 5.92 Å². The van der Waals surface area contributed by atoms with Crippen LogP contribution in [-0.2, 0) is 11.2 Å². The summed E-state index contributed by atoms with van der Waals surface area (Å²) in [6.45, 7) is 2.89. The van der Waals surface area contributed by atoms with Gasteiger partial charge < -0.3 is 10.5 Å². The van der Waals surface area contributed by atoms with E-state index in [-0.39, 0.29) is 6.04 Å². The summed E-state index contributed by atoms with van der Waals surface area (Å²) in [4.78, 5) is 4.11. The molecule has 1 unspecified atom stereocenters. The number of hydrogen-bond acceptors (Lipinski definition) is 3. The van der Waals surface area contributed by atoms with Gasteiger partial charge in [0.05, 0.1) is 6.10 Å². The van der Waals surface area contributed by atoms with Gasteiger partial charge >= 0.3 is 0 Å². The molecule has 3 nitrogen and oxygen atoms in total. The first-order valence-corrected chi connectivity index (χ1v) is 6.54. The molecule has 1 fully saturated rings. The Morgan fingerprint density at radius 3 is 3.00 bits per heavy atom. The minimum absolute atomic E-state index is 0.256. The summed E-state index contributed by atoms with van der Waals surface area (Å²) in [5.74, 6) is 0.762. The van der Waals surface area contributed by atoms with Gasteiger partial charge in [-0.2, -0.15) is 0 Å². The van der Waals surface area contributed by atoms with E-state index >= 15 is 0 Å². The molecule has 0 aliphatic heterocycles. The minimum atomic E-state index is 0.256. The minimum Gasteiger partial charge on any atom is -0.378 e. The highest BCUT2D eigenvalue weighted by Crippen LogP contribution is 2.33. The van der Waals surface area contributed by atoms with Crippen LogP contribution in [0.25, 0.3) is 0 Å². The zero-order valence-electron chi connectivity index (χ0n) is 10.5. The zero-order chi connectivity index (χ0) is 12.1. The Hall–Kier alpha value is -0.930. The number of rotatable bonds is 6. The Bertz CT molecular complexity index is 322. The van der Waals surface area contributed by atoms with Gasteiger partial charge in [0.2, 0.25) is 0 Å². The molecule has 0 amide bonds. The Balaban J connectivity index is 1.67. The van der Waals surface area contributed by atoms with Crippen molar-refractivity contribution >= 4 is 0 Å². The van der Waals surface area contributed by atoms with E-state index in [4.69, 9.17) is 10.5 Å². The third kappa shape index (κ3) is 3.79. The number of ether oxygens (including phenoxy) is 1. The van der Waals surface area contributed by atoms with Crippen molar-refractivity contribution in [1.82, 2.24) is 4.98 Å². The zero-order valence-corrected chi connectivity index (χ0v) is 10.5. The third-order valence-corrected chi connectivity index (χ3v) is 3.45. The highest BCUT2D eigenvalue weighted by Gasteiger charge is 2.30. The fourth-order valence-corrected chi connectivity index (χ4v) is 2.57. The Morgan fingerprint density at radius 1 is 1.53 bits per heavy atom. The second-order valence-electron chi connectivity index (χ2n) is 4.98. The van der Waals surface area contributed by atoms with E-state index in [1.54, 1.807) is 6.20 Å². The second kappa shape index (κ2) is 6.12. The normalized spacial score (nSPS) is 25.3. The molecule has 0 radical (unpaired) electrons. The van der Waals surface area contributed by atoms with Gasteiger partial charge in [-0.05, 0) is 50.2 Å². The number of nitrogens with two attached hydrogens (primary N) is 1. The van der Waals surface area contributed by atoms with Crippen molar-refractivity contribution in [3.8, 4) is 0 Å². The van der Waals surface area contributed by atoms with Crippen LogP contribution >= 0.6 is 0 Å². The van der Waals surface area contributed by atoms with Crippen LogP contribution in [-0.4, -0.2) is 23.7 Å². The molecule has 94 valence electrons. The van der Waals surface area contributed by atoms with Crippen molar-refractivity contribution in [2.45, 2.75) is 44.8 Å². The molecule has 0 bridgehead atoms. The standard InChI is InChI=1S/C14H22N2O/c1-2-17-14-8-12(9-14)7-13(15)6-11-4-3-5-16-10-11/h3-5,10,12-14H,2,6-9,15H2,1H3.